The fourth-order valence-corrected chi connectivity index (χ4v) is 1.08. The molecule has 0 aliphatic carbocycles. The van der Waals surface area contributed by atoms with Gasteiger partial charge in [-0.1, -0.05) is 0 Å². The summed E-state index contributed by atoms with van der Waals surface area (Å²) in [4.78, 5) is 0. The molecule has 0 unspecified atom stereocenters. The summed E-state index contributed by atoms with van der Waals surface area (Å²) >= 11 is 0. The van der Waals surface area contributed by atoms with Crippen LogP contribution in [0.3, 0.4) is 0 Å². The highest BCUT2D eigenvalue weighted by Gasteiger charge is 2.36. The topological polar surface area (TPSA) is 162 Å². The summed E-state index contributed by atoms with van der Waals surface area (Å²) in [5.41, 5.74) is 0. The second-order valence-electron chi connectivity index (χ2n) is 3.46. The van der Waals surface area contributed by atoms with E-state index in [9.17, 15) is 20.4 Å². The first-order valence-corrected chi connectivity index (χ1v) is 4.66. The summed E-state index contributed by atoms with van der Waals surface area (Å²) in [7, 11) is 0. The second kappa shape index (κ2) is 7.09. The largest absolute Gasteiger partial charge is 0.394 e. The molecule has 0 aliphatic rings. The minimum atomic E-state index is -1.97. The van der Waals surface area contributed by atoms with Crippen molar-refractivity contribution < 1.29 is 40.9 Å². The molecule has 0 saturated carbocycles. The van der Waals surface area contributed by atoms with Gasteiger partial charge in [0.2, 0.25) is 0 Å². The molecule has 0 amide bonds. The smallest absolute Gasteiger partial charge is 0.111 e. The molecule has 0 heterocycles. The lowest BCUT2D eigenvalue weighted by Crippen LogP contribution is -2.53. The van der Waals surface area contributed by atoms with Gasteiger partial charge in [0.1, 0.15) is 36.6 Å². The Morgan fingerprint density at radius 3 is 0.938 bits per heavy atom. The van der Waals surface area contributed by atoms with Gasteiger partial charge in [-0.2, -0.15) is 0 Å². The Morgan fingerprint density at radius 2 is 0.750 bits per heavy atom. The lowest BCUT2D eigenvalue weighted by atomic mass is 9.97. The Balaban J connectivity index is 4.41. The van der Waals surface area contributed by atoms with Crippen molar-refractivity contribution in [2.24, 2.45) is 0 Å². The lowest BCUT2D eigenvalue weighted by Gasteiger charge is -2.29. The van der Waals surface area contributed by atoms with Crippen molar-refractivity contribution >= 4 is 0 Å². The number of hydrogen-bond donors (Lipinski definition) is 8. The zero-order valence-electron chi connectivity index (χ0n) is 8.46. The van der Waals surface area contributed by atoms with Crippen LogP contribution in [0.15, 0.2) is 0 Å². The van der Waals surface area contributed by atoms with Crippen molar-refractivity contribution in [1.29, 1.82) is 0 Å². The molecule has 16 heavy (non-hydrogen) atoms. The monoisotopic (exact) mass is 242 g/mol. The van der Waals surface area contributed by atoms with Crippen LogP contribution in [0.4, 0.5) is 0 Å². The van der Waals surface area contributed by atoms with Crippen LogP contribution in [0.25, 0.3) is 0 Å². The van der Waals surface area contributed by atoms with Crippen LogP contribution in [0, 0.1) is 0 Å². The zero-order chi connectivity index (χ0) is 12.9. The second-order valence-corrected chi connectivity index (χ2v) is 3.46. The maximum Gasteiger partial charge on any atom is 0.111 e. The molecule has 0 aromatic heterocycles. The van der Waals surface area contributed by atoms with Crippen molar-refractivity contribution in [3.8, 4) is 0 Å². The van der Waals surface area contributed by atoms with E-state index < -0.39 is 49.8 Å². The molecule has 8 heteroatoms. The highest BCUT2D eigenvalue weighted by atomic mass is 16.4. The number of aliphatic hydroxyl groups is 8. The molecule has 98 valence electrons. The molecule has 0 aliphatic heterocycles. The van der Waals surface area contributed by atoms with E-state index in [0.717, 1.165) is 0 Å². The minimum absolute atomic E-state index is 0.844. The summed E-state index contributed by atoms with van der Waals surface area (Å²) < 4.78 is 0. The highest BCUT2D eigenvalue weighted by molar-refractivity contribution is 4.87. The van der Waals surface area contributed by atoms with Crippen LogP contribution in [0.5, 0.6) is 0 Å². The van der Waals surface area contributed by atoms with E-state index in [1.165, 1.54) is 0 Å². The molecule has 8 N–H and O–H groups in total. The molecule has 6 atom stereocenters. The third-order valence-corrected chi connectivity index (χ3v) is 2.21. The van der Waals surface area contributed by atoms with E-state index in [-0.39, 0.29) is 0 Å². The minimum Gasteiger partial charge on any atom is -0.394 e. The zero-order valence-corrected chi connectivity index (χ0v) is 8.46. The van der Waals surface area contributed by atoms with E-state index in [4.69, 9.17) is 20.4 Å². The first-order valence-electron chi connectivity index (χ1n) is 4.66. The van der Waals surface area contributed by atoms with Gasteiger partial charge in [0.15, 0.2) is 0 Å². The van der Waals surface area contributed by atoms with Gasteiger partial charge in [0.05, 0.1) is 13.2 Å². The predicted octanol–water partition coefficient (Wildman–Crippen LogP) is -4.86. The van der Waals surface area contributed by atoms with Gasteiger partial charge >= 0.3 is 0 Å². The molecule has 0 aromatic carbocycles. The Kier molecular flexibility index (Phi) is 6.95. The Morgan fingerprint density at radius 1 is 0.500 bits per heavy atom. The Bertz CT molecular complexity index is 169. The van der Waals surface area contributed by atoms with Crippen LogP contribution >= 0.6 is 0 Å². The third kappa shape index (κ3) is 3.92. The SMILES string of the molecule is OC[C@@H](O)[C@@H](O)[C@H](O)[C@H](O)[C@H](O)[C@@H](O)CO. The van der Waals surface area contributed by atoms with Crippen molar-refractivity contribution in [3.63, 3.8) is 0 Å². The van der Waals surface area contributed by atoms with Gasteiger partial charge in [-0.25, -0.2) is 0 Å². The predicted molar refractivity (Wildman–Crippen MR) is 50.2 cm³/mol. The average Bonchev–Trinajstić information content (AvgIpc) is 2.32. The standard InChI is InChI=1S/C8H18O8/c9-1-3(11)5(13)7(15)8(16)6(14)4(12)2-10/h3-16H,1-2H2/t3-,4+,5-,6-,7+,8-/m1/s1. The van der Waals surface area contributed by atoms with E-state index in [1.54, 1.807) is 0 Å². The van der Waals surface area contributed by atoms with Crippen LogP contribution in [-0.2, 0) is 0 Å². The van der Waals surface area contributed by atoms with Crippen molar-refractivity contribution in [1.82, 2.24) is 0 Å². The van der Waals surface area contributed by atoms with E-state index >= 15 is 0 Å². The van der Waals surface area contributed by atoms with Crippen molar-refractivity contribution in [2.45, 2.75) is 36.6 Å². The Hall–Kier alpha value is -0.320. The van der Waals surface area contributed by atoms with Crippen molar-refractivity contribution in [2.75, 3.05) is 13.2 Å². The summed E-state index contributed by atoms with van der Waals surface area (Å²) in [6.07, 6.45) is -11.1. The van der Waals surface area contributed by atoms with Gasteiger partial charge in [-0.3, -0.25) is 0 Å². The summed E-state index contributed by atoms with van der Waals surface area (Å²) in [5, 5.41) is 71.8. The molecule has 0 saturated heterocycles. The third-order valence-electron chi connectivity index (χ3n) is 2.21. The number of hydrogen-bond acceptors (Lipinski definition) is 8. The lowest BCUT2D eigenvalue weighted by molar-refractivity contribution is -0.161. The molecule has 0 aromatic rings. The molecule has 0 spiro atoms. The molecular formula is C8H18O8. The van der Waals surface area contributed by atoms with Gasteiger partial charge in [0, 0.05) is 0 Å². The first kappa shape index (κ1) is 15.7. The molecule has 0 fully saturated rings. The van der Waals surface area contributed by atoms with Gasteiger partial charge in [-0.05, 0) is 0 Å². The molecule has 0 radical (unpaired) electrons. The molecule has 8 nitrogen and oxygen atoms in total. The number of aliphatic hydroxyl groups excluding tert-OH is 8. The summed E-state index contributed by atoms with van der Waals surface area (Å²) in [6.45, 7) is -1.69. The summed E-state index contributed by atoms with van der Waals surface area (Å²) in [6, 6.07) is 0. The number of rotatable bonds is 7. The van der Waals surface area contributed by atoms with E-state index in [0.29, 0.717) is 0 Å². The maximum absolute atomic E-state index is 9.28. The van der Waals surface area contributed by atoms with Gasteiger partial charge in [0.25, 0.3) is 0 Å². The van der Waals surface area contributed by atoms with Crippen molar-refractivity contribution in [3.05, 3.63) is 0 Å². The fraction of sp³-hybridized carbons (Fsp3) is 1.00. The fourth-order valence-electron chi connectivity index (χ4n) is 1.08. The van der Waals surface area contributed by atoms with E-state index in [2.05, 4.69) is 0 Å². The van der Waals surface area contributed by atoms with Crippen LogP contribution < -0.4 is 0 Å². The van der Waals surface area contributed by atoms with Gasteiger partial charge < -0.3 is 40.9 Å². The average molecular weight is 242 g/mol. The maximum atomic E-state index is 9.28. The van der Waals surface area contributed by atoms with Crippen LogP contribution in [0.2, 0.25) is 0 Å². The van der Waals surface area contributed by atoms with Gasteiger partial charge in [-0.15, -0.1) is 0 Å². The normalized spacial score (nSPS) is 23.2. The quantitative estimate of drug-likeness (QED) is 0.220. The Labute approximate surface area is 91.6 Å². The highest BCUT2D eigenvalue weighted by Crippen LogP contribution is 2.10. The van der Waals surface area contributed by atoms with Crippen LogP contribution in [0.1, 0.15) is 0 Å². The molecular weight excluding hydrogens is 224 g/mol. The van der Waals surface area contributed by atoms with Crippen LogP contribution in [-0.4, -0.2) is 90.7 Å². The molecule has 0 bridgehead atoms. The molecule has 0 rings (SSSR count). The van der Waals surface area contributed by atoms with E-state index in [1.807, 2.05) is 0 Å². The first-order chi connectivity index (χ1) is 7.36. The summed E-state index contributed by atoms with van der Waals surface area (Å²) in [5.74, 6) is 0.